The zero-order valence-corrected chi connectivity index (χ0v) is 8.08. The van der Waals surface area contributed by atoms with Gasteiger partial charge in [-0.1, -0.05) is 5.16 Å². The minimum absolute atomic E-state index is 0.131. The first-order chi connectivity index (χ1) is 6.81. The fourth-order valence-electron chi connectivity index (χ4n) is 0.903. The molecular weight excluding hydrogens is 204 g/mol. The maximum Gasteiger partial charge on any atom is 0.397 e. The normalized spacial score (nSPS) is 10.1. The van der Waals surface area contributed by atoms with E-state index in [4.69, 9.17) is 4.52 Å². The molecule has 6 heteroatoms. The minimum atomic E-state index is -0.626. The first-order valence-corrected chi connectivity index (χ1v) is 4.70. The Balaban J connectivity index is 2.31. The summed E-state index contributed by atoms with van der Waals surface area (Å²) in [6.07, 6.45) is 0. The number of aromatic nitrogens is 2. The van der Waals surface area contributed by atoms with E-state index >= 15 is 0 Å². The molecule has 0 aromatic carbocycles. The van der Waals surface area contributed by atoms with Gasteiger partial charge in [0.15, 0.2) is 0 Å². The molecule has 0 aliphatic rings. The molecule has 0 unspecified atom stereocenters. The Bertz CT molecular complexity index is 435. The Morgan fingerprint density at radius 1 is 1.64 bits per heavy atom. The number of hydrogen-bond acceptors (Lipinski definition) is 6. The summed E-state index contributed by atoms with van der Waals surface area (Å²) in [6, 6.07) is 1.84. The van der Waals surface area contributed by atoms with Crippen LogP contribution in [-0.4, -0.2) is 23.2 Å². The van der Waals surface area contributed by atoms with Crippen LogP contribution in [0.15, 0.2) is 21.3 Å². The van der Waals surface area contributed by atoms with Gasteiger partial charge in [-0.05, 0) is 11.4 Å². The summed E-state index contributed by atoms with van der Waals surface area (Å²) in [5.74, 6) is -0.362. The first-order valence-electron chi connectivity index (χ1n) is 3.76. The van der Waals surface area contributed by atoms with Crippen molar-refractivity contribution in [1.82, 2.24) is 10.1 Å². The van der Waals surface area contributed by atoms with Crippen molar-refractivity contribution in [3.05, 3.63) is 22.7 Å². The lowest BCUT2D eigenvalue weighted by atomic mass is 10.3. The van der Waals surface area contributed by atoms with Gasteiger partial charge in [0.25, 0.3) is 0 Å². The van der Waals surface area contributed by atoms with Crippen LogP contribution in [0.1, 0.15) is 10.7 Å². The Morgan fingerprint density at radius 2 is 2.50 bits per heavy atom. The van der Waals surface area contributed by atoms with Gasteiger partial charge in [-0.3, -0.25) is 0 Å². The Kier molecular flexibility index (Phi) is 2.28. The Morgan fingerprint density at radius 3 is 3.14 bits per heavy atom. The fraction of sp³-hybridized carbons (Fsp3) is 0.125. The molecule has 0 aliphatic carbocycles. The zero-order valence-electron chi connectivity index (χ0n) is 7.26. The van der Waals surface area contributed by atoms with Crippen LogP contribution >= 0.6 is 11.3 Å². The number of thiophene rings is 1. The number of ether oxygens (including phenoxy) is 1. The molecule has 2 rings (SSSR count). The van der Waals surface area contributed by atoms with Gasteiger partial charge in [0.1, 0.15) is 0 Å². The largest absolute Gasteiger partial charge is 0.462 e. The third-order valence-corrected chi connectivity index (χ3v) is 2.25. The van der Waals surface area contributed by atoms with Gasteiger partial charge >= 0.3 is 11.9 Å². The van der Waals surface area contributed by atoms with Crippen LogP contribution in [0.4, 0.5) is 0 Å². The van der Waals surface area contributed by atoms with Gasteiger partial charge in [-0.25, -0.2) is 4.79 Å². The lowest BCUT2D eigenvalue weighted by molar-refractivity contribution is 0.0545. The fourth-order valence-corrected chi connectivity index (χ4v) is 1.54. The van der Waals surface area contributed by atoms with Crippen molar-refractivity contribution in [2.24, 2.45) is 0 Å². The van der Waals surface area contributed by atoms with Crippen molar-refractivity contribution in [1.29, 1.82) is 0 Å². The van der Waals surface area contributed by atoms with Crippen molar-refractivity contribution < 1.29 is 14.1 Å². The van der Waals surface area contributed by atoms with E-state index in [-0.39, 0.29) is 5.89 Å². The molecule has 0 fully saturated rings. The maximum absolute atomic E-state index is 11.0. The summed E-state index contributed by atoms with van der Waals surface area (Å²) < 4.78 is 9.14. The van der Waals surface area contributed by atoms with Crippen LogP contribution in [0.25, 0.3) is 11.4 Å². The number of carbonyl (C=O) groups excluding carboxylic acids is 1. The van der Waals surface area contributed by atoms with Crippen LogP contribution < -0.4 is 0 Å². The molecule has 2 aromatic rings. The smallest absolute Gasteiger partial charge is 0.397 e. The average molecular weight is 210 g/mol. The summed E-state index contributed by atoms with van der Waals surface area (Å²) >= 11 is 1.52. The molecule has 0 saturated carbocycles. The lowest BCUT2D eigenvalue weighted by Gasteiger charge is -1.87. The molecule has 0 N–H and O–H groups in total. The summed E-state index contributed by atoms with van der Waals surface area (Å²) in [5, 5.41) is 7.41. The predicted molar refractivity (Wildman–Crippen MR) is 49.0 cm³/mol. The molecule has 0 saturated heterocycles. The second-order valence-corrected chi connectivity index (χ2v) is 3.21. The van der Waals surface area contributed by atoms with Crippen molar-refractivity contribution in [2.75, 3.05) is 7.11 Å². The highest BCUT2D eigenvalue weighted by molar-refractivity contribution is 7.08. The molecule has 2 heterocycles. The van der Waals surface area contributed by atoms with Crippen LogP contribution in [0, 0.1) is 0 Å². The second kappa shape index (κ2) is 3.59. The third-order valence-electron chi connectivity index (χ3n) is 1.57. The maximum atomic E-state index is 11.0. The van der Waals surface area contributed by atoms with Gasteiger partial charge in [0, 0.05) is 10.9 Å². The molecule has 5 nitrogen and oxygen atoms in total. The molecule has 72 valence electrons. The van der Waals surface area contributed by atoms with Crippen molar-refractivity contribution >= 4 is 17.3 Å². The van der Waals surface area contributed by atoms with Crippen LogP contribution in [0.2, 0.25) is 0 Å². The van der Waals surface area contributed by atoms with E-state index in [0.29, 0.717) is 5.82 Å². The van der Waals surface area contributed by atoms with Gasteiger partial charge < -0.3 is 9.26 Å². The van der Waals surface area contributed by atoms with E-state index in [1.807, 2.05) is 16.8 Å². The van der Waals surface area contributed by atoms with Crippen LogP contribution in [-0.2, 0) is 4.74 Å². The SMILES string of the molecule is COC(=O)c1nc(-c2ccsc2)no1. The Labute approximate surface area is 83.3 Å². The molecule has 14 heavy (non-hydrogen) atoms. The molecule has 0 radical (unpaired) electrons. The average Bonchev–Trinajstić information content (AvgIpc) is 2.86. The van der Waals surface area contributed by atoms with Gasteiger partial charge in [-0.15, -0.1) is 0 Å². The van der Waals surface area contributed by atoms with Crippen molar-refractivity contribution in [3.8, 4) is 11.4 Å². The highest BCUT2D eigenvalue weighted by atomic mass is 32.1. The number of methoxy groups -OCH3 is 1. The summed E-state index contributed by atoms with van der Waals surface area (Å²) in [6.45, 7) is 0. The topological polar surface area (TPSA) is 65.2 Å². The highest BCUT2D eigenvalue weighted by Gasteiger charge is 2.16. The van der Waals surface area contributed by atoms with E-state index in [1.165, 1.54) is 18.4 Å². The van der Waals surface area contributed by atoms with Gasteiger partial charge in [0.05, 0.1) is 7.11 Å². The molecular formula is C8H6N2O3S. The van der Waals surface area contributed by atoms with Crippen LogP contribution in [0.5, 0.6) is 0 Å². The van der Waals surface area contributed by atoms with Gasteiger partial charge in [0.2, 0.25) is 5.82 Å². The van der Waals surface area contributed by atoms with Crippen molar-refractivity contribution in [3.63, 3.8) is 0 Å². The van der Waals surface area contributed by atoms with E-state index in [2.05, 4.69) is 14.9 Å². The monoisotopic (exact) mass is 210 g/mol. The molecule has 0 aliphatic heterocycles. The Hall–Kier alpha value is -1.69. The number of nitrogens with zero attached hydrogens (tertiary/aromatic N) is 2. The number of esters is 1. The predicted octanol–water partition coefficient (Wildman–Crippen LogP) is 1.58. The quantitative estimate of drug-likeness (QED) is 0.704. The lowest BCUT2D eigenvalue weighted by Crippen LogP contribution is -2.00. The second-order valence-electron chi connectivity index (χ2n) is 2.43. The minimum Gasteiger partial charge on any atom is -0.462 e. The number of rotatable bonds is 2. The van der Waals surface area contributed by atoms with E-state index < -0.39 is 5.97 Å². The number of hydrogen-bond donors (Lipinski definition) is 0. The highest BCUT2D eigenvalue weighted by Crippen LogP contribution is 2.18. The summed E-state index contributed by atoms with van der Waals surface area (Å²) in [4.78, 5) is 14.9. The standard InChI is InChI=1S/C8H6N2O3S/c1-12-8(11)7-9-6(10-13-7)5-2-3-14-4-5/h2-4H,1H3. The van der Waals surface area contributed by atoms with E-state index in [1.54, 1.807) is 0 Å². The summed E-state index contributed by atoms with van der Waals surface area (Å²) in [5.41, 5.74) is 0.828. The molecule has 0 atom stereocenters. The summed E-state index contributed by atoms with van der Waals surface area (Å²) in [7, 11) is 1.26. The third kappa shape index (κ3) is 1.51. The van der Waals surface area contributed by atoms with Crippen LogP contribution in [0.3, 0.4) is 0 Å². The molecule has 0 amide bonds. The number of carbonyl (C=O) groups is 1. The van der Waals surface area contributed by atoms with Crippen molar-refractivity contribution in [2.45, 2.75) is 0 Å². The first kappa shape index (κ1) is 8.89. The molecule has 2 aromatic heterocycles. The zero-order chi connectivity index (χ0) is 9.97. The molecule has 0 bridgehead atoms. The van der Waals surface area contributed by atoms with E-state index in [9.17, 15) is 4.79 Å². The molecule has 0 spiro atoms. The van der Waals surface area contributed by atoms with E-state index in [0.717, 1.165) is 5.56 Å². The van der Waals surface area contributed by atoms with Gasteiger partial charge in [-0.2, -0.15) is 16.3 Å².